The molecule has 0 saturated carbocycles. The minimum absolute atomic E-state index is 0.0834. The summed E-state index contributed by atoms with van der Waals surface area (Å²) in [5.74, 6) is 0.663. The first kappa shape index (κ1) is 13.9. The van der Waals surface area contributed by atoms with Crippen molar-refractivity contribution in [2.24, 2.45) is 0 Å². The molecule has 2 aromatic carbocycles. The highest BCUT2D eigenvalue weighted by molar-refractivity contribution is 6.30. The Morgan fingerprint density at radius 2 is 1.74 bits per heavy atom. The minimum atomic E-state index is -0.614. The predicted molar refractivity (Wildman–Crippen MR) is 77.6 cm³/mol. The fraction of sp³-hybridized carbons (Fsp3) is 0.250. The fourth-order valence-corrected chi connectivity index (χ4v) is 2.12. The molecule has 0 spiro atoms. The monoisotopic (exact) mass is 276 g/mol. The van der Waals surface area contributed by atoms with Gasteiger partial charge in [0.25, 0.3) is 0 Å². The number of ether oxygens (including phenoxy) is 1. The Bertz CT molecular complexity index is 538. The van der Waals surface area contributed by atoms with Crippen LogP contribution in [0.4, 0.5) is 0 Å². The van der Waals surface area contributed by atoms with Gasteiger partial charge >= 0.3 is 0 Å². The lowest BCUT2D eigenvalue weighted by molar-refractivity contribution is 0.179. The van der Waals surface area contributed by atoms with E-state index in [9.17, 15) is 5.11 Å². The summed E-state index contributed by atoms with van der Waals surface area (Å²) in [5.41, 5.74) is 1.80. The van der Waals surface area contributed by atoms with Crippen molar-refractivity contribution >= 4 is 11.6 Å². The van der Waals surface area contributed by atoms with Crippen molar-refractivity contribution < 1.29 is 9.84 Å². The van der Waals surface area contributed by atoms with E-state index in [-0.39, 0.29) is 6.10 Å². The van der Waals surface area contributed by atoms with Crippen LogP contribution in [-0.2, 0) is 0 Å². The number of aliphatic hydroxyl groups is 1. The SMILES string of the molecule is CC(Oc1ccc(Cl)cc1[C@@H](C)O)c1ccccc1. The molecule has 0 aliphatic heterocycles. The van der Waals surface area contributed by atoms with E-state index < -0.39 is 6.10 Å². The highest BCUT2D eigenvalue weighted by Gasteiger charge is 2.13. The smallest absolute Gasteiger partial charge is 0.126 e. The van der Waals surface area contributed by atoms with Crippen LogP contribution in [0, 0.1) is 0 Å². The molecule has 0 aliphatic rings. The fourth-order valence-electron chi connectivity index (χ4n) is 1.94. The summed E-state index contributed by atoms with van der Waals surface area (Å²) < 4.78 is 5.93. The van der Waals surface area contributed by atoms with Gasteiger partial charge in [-0.05, 0) is 37.6 Å². The molecule has 0 aromatic heterocycles. The van der Waals surface area contributed by atoms with Crippen molar-refractivity contribution in [3.05, 3.63) is 64.7 Å². The summed E-state index contributed by atoms with van der Waals surface area (Å²) in [7, 11) is 0. The summed E-state index contributed by atoms with van der Waals surface area (Å²) in [4.78, 5) is 0. The van der Waals surface area contributed by atoms with Gasteiger partial charge < -0.3 is 9.84 Å². The number of benzene rings is 2. The maximum Gasteiger partial charge on any atom is 0.126 e. The van der Waals surface area contributed by atoms with Crippen molar-refractivity contribution in [3.63, 3.8) is 0 Å². The van der Waals surface area contributed by atoms with E-state index in [4.69, 9.17) is 16.3 Å². The van der Waals surface area contributed by atoms with Crippen LogP contribution in [0.15, 0.2) is 48.5 Å². The van der Waals surface area contributed by atoms with Gasteiger partial charge in [-0.15, -0.1) is 0 Å². The van der Waals surface area contributed by atoms with Crippen LogP contribution in [0.3, 0.4) is 0 Å². The highest BCUT2D eigenvalue weighted by Crippen LogP contribution is 2.31. The molecule has 3 heteroatoms. The summed E-state index contributed by atoms with van der Waals surface area (Å²) in [6, 6.07) is 15.3. The van der Waals surface area contributed by atoms with Crippen LogP contribution in [-0.4, -0.2) is 5.11 Å². The quantitative estimate of drug-likeness (QED) is 0.889. The summed E-state index contributed by atoms with van der Waals surface area (Å²) in [6.45, 7) is 3.68. The van der Waals surface area contributed by atoms with E-state index in [1.807, 2.05) is 37.3 Å². The summed E-state index contributed by atoms with van der Waals surface area (Å²) >= 11 is 5.95. The van der Waals surface area contributed by atoms with Gasteiger partial charge in [0.2, 0.25) is 0 Å². The molecule has 0 saturated heterocycles. The molecule has 2 atom stereocenters. The first-order valence-corrected chi connectivity index (χ1v) is 6.65. The third kappa shape index (κ3) is 3.49. The van der Waals surface area contributed by atoms with Crippen molar-refractivity contribution in [3.8, 4) is 5.75 Å². The van der Waals surface area contributed by atoms with Gasteiger partial charge in [0.15, 0.2) is 0 Å². The van der Waals surface area contributed by atoms with Gasteiger partial charge in [-0.3, -0.25) is 0 Å². The Kier molecular flexibility index (Phi) is 4.46. The van der Waals surface area contributed by atoms with Crippen molar-refractivity contribution in [1.82, 2.24) is 0 Å². The molecule has 1 N–H and O–H groups in total. The number of halogens is 1. The van der Waals surface area contributed by atoms with E-state index in [1.165, 1.54) is 0 Å². The van der Waals surface area contributed by atoms with Crippen LogP contribution in [0.1, 0.15) is 37.2 Å². The van der Waals surface area contributed by atoms with E-state index in [0.29, 0.717) is 16.3 Å². The second kappa shape index (κ2) is 6.09. The van der Waals surface area contributed by atoms with Crippen LogP contribution in [0.5, 0.6) is 5.75 Å². The largest absolute Gasteiger partial charge is 0.486 e. The summed E-state index contributed by atoms with van der Waals surface area (Å²) in [6.07, 6.45) is -0.698. The maximum atomic E-state index is 9.77. The number of hydrogen-bond acceptors (Lipinski definition) is 2. The van der Waals surface area contributed by atoms with Crippen molar-refractivity contribution in [1.29, 1.82) is 0 Å². The molecule has 1 unspecified atom stereocenters. The third-order valence-corrected chi connectivity index (χ3v) is 3.23. The average Bonchev–Trinajstić information content (AvgIpc) is 2.41. The van der Waals surface area contributed by atoms with Crippen LogP contribution < -0.4 is 4.74 Å². The Balaban J connectivity index is 2.24. The molecule has 19 heavy (non-hydrogen) atoms. The molecule has 0 aliphatic carbocycles. The Hall–Kier alpha value is -1.51. The van der Waals surface area contributed by atoms with Crippen LogP contribution >= 0.6 is 11.6 Å². The van der Waals surface area contributed by atoms with Gasteiger partial charge in [-0.2, -0.15) is 0 Å². The molecule has 0 heterocycles. The number of aliphatic hydroxyl groups excluding tert-OH is 1. The standard InChI is InChI=1S/C16H17ClO2/c1-11(18)15-10-14(17)8-9-16(15)19-12(2)13-6-4-3-5-7-13/h3-12,18H,1-2H3/t11-,12?/m1/s1. The Labute approximate surface area is 118 Å². The molecule has 2 aromatic rings. The van der Waals surface area contributed by atoms with Crippen molar-refractivity contribution in [2.45, 2.75) is 26.1 Å². The lowest BCUT2D eigenvalue weighted by atomic mass is 10.1. The average molecular weight is 277 g/mol. The molecule has 0 amide bonds. The zero-order chi connectivity index (χ0) is 13.8. The van der Waals surface area contributed by atoms with Crippen LogP contribution in [0.25, 0.3) is 0 Å². The van der Waals surface area contributed by atoms with Gasteiger partial charge in [0.05, 0.1) is 6.10 Å². The number of hydrogen-bond donors (Lipinski definition) is 1. The van der Waals surface area contributed by atoms with Gasteiger partial charge in [0.1, 0.15) is 11.9 Å². The second-order valence-electron chi connectivity index (χ2n) is 4.53. The third-order valence-electron chi connectivity index (χ3n) is 2.99. The lowest BCUT2D eigenvalue weighted by Gasteiger charge is -2.19. The highest BCUT2D eigenvalue weighted by atomic mass is 35.5. The molecule has 0 radical (unpaired) electrons. The normalized spacial score (nSPS) is 13.9. The first-order valence-electron chi connectivity index (χ1n) is 6.27. The molecule has 2 rings (SSSR count). The van der Waals surface area contributed by atoms with Gasteiger partial charge in [-0.1, -0.05) is 41.9 Å². The minimum Gasteiger partial charge on any atom is -0.486 e. The lowest BCUT2D eigenvalue weighted by Crippen LogP contribution is -2.06. The maximum absolute atomic E-state index is 9.77. The zero-order valence-electron chi connectivity index (χ0n) is 11.0. The van der Waals surface area contributed by atoms with E-state index >= 15 is 0 Å². The molecule has 0 fully saturated rings. The van der Waals surface area contributed by atoms with E-state index in [0.717, 1.165) is 5.56 Å². The van der Waals surface area contributed by atoms with Crippen LogP contribution in [0.2, 0.25) is 5.02 Å². The van der Waals surface area contributed by atoms with E-state index in [2.05, 4.69) is 0 Å². The molecular formula is C16H17ClO2. The topological polar surface area (TPSA) is 29.5 Å². The Morgan fingerprint density at radius 3 is 2.37 bits per heavy atom. The molecule has 2 nitrogen and oxygen atoms in total. The molecule has 100 valence electrons. The number of rotatable bonds is 4. The molecule has 0 bridgehead atoms. The zero-order valence-corrected chi connectivity index (χ0v) is 11.8. The van der Waals surface area contributed by atoms with Gasteiger partial charge in [-0.25, -0.2) is 0 Å². The summed E-state index contributed by atoms with van der Waals surface area (Å²) in [5, 5.41) is 10.4. The predicted octanol–water partition coefficient (Wildman–Crippen LogP) is 4.53. The second-order valence-corrected chi connectivity index (χ2v) is 4.97. The van der Waals surface area contributed by atoms with Gasteiger partial charge in [0, 0.05) is 10.6 Å². The first-order chi connectivity index (χ1) is 9.08. The Morgan fingerprint density at radius 1 is 1.05 bits per heavy atom. The van der Waals surface area contributed by atoms with E-state index in [1.54, 1.807) is 25.1 Å². The molecular weight excluding hydrogens is 260 g/mol. The van der Waals surface area contributed by atoms with Crippen molar-refractivity contribution in [2.75, 3.05) is 0 Å².